The second-order valence-electron chi connectivity index (χ2n) is 5.44. The van der Waals surface area contributed by atoms with Crippen molar-refractivity contribution in [3.8, 4) is 0 Å². The quantitative estimate of drug-likeness (QED) is 0.865. The number of rotatable bonds is 4. The normalized spacial score (nSPS) is 18.8. The van der Waals surface area contributed by atoms with E-state index in [1.165, 1.54) is 37.1 Å². The Hall–Kier alpha value is -0.860. The topological polar surface area (TPSA) is 29.3 Å². The molecule has 2 rings (SSSR count). The molecule has 0 aliphatic carbocycles. The fourth-order valence-electron chi connectivity index (χ4n) is 2.48. The van der Waals surface area contributed by atoms with Crippen molar-refractivity contribution in [1.82, 2.24) is 4.90 Å². The molecule has 2 nitrogen and oxygen atoms in total. The molecule has 0 saturated carbocycles. The van der Waals surface area contributed by atoms with Gasteiger partial charge in [0.25, 0.3) is 0 Å². The molecule has 2 heteroatoms. The second kappa shape index (κ2) is 5.65. The summed E-state index contributed by atoms with van der Waals surface area (Å²) in [7, 11) is 0. The van der Waals surface area contributed by atoms with Crippen LogP contribution in [-0.2, 0) is 0 Å². The third-order valence-electron chi connectivity index (χ3n) is 3.68. The Morgan fingerprint density at radius 2 is 1.59 bits per heavy atom. The van der Waals surface area contributed by atoms with Crippen molar-refractivity contribution >= 4 is 0 Å². The largest absolute Gasteiger partial charge is 0.323 e. The van der Waals surface area contributed by atoms with Crippen molar-refractivity contribution < 1.29 is 0 Å². The molecule has 0 aromatic heterocycles. The zero-order valence-corrected chi connectivity index (χ0v) is 11.0. The Morgan fingerprint density at radius 3 is 2.12 bits per heavy atom. The minimum atomic E-state index is 0.161. The summed E-state index contributed by atoms with van der Waals surface area (Å²) < 4.78 is 0. The minimum Gasteiger partial charge on any atom is -0.323 e. The molecular weight excluding hydrogens is 208 g/mol. The van der Waals surface area contributed by atoms with E-state index in [1.807, 2.05) is 0 Å². The van der Waals surface area contributed by atoms with Gasteiger partial charge in [-0.05, 0) is 43.0 Å². The smallest absolute Gasteiger partial charge is 0.0424 e. The van der Waals surface area contributed by atoms with E-state index in [1.54, 1.807) is 0 Å². The van der Waals surface area contributed by atoms with Crippen LogP contribution in [0.25, 0.3) is 0 Å². The first-order chi connectivity index (χ1) is 8.16. The van der Waals surface area contributed by atoms with Gasteiger partial charge in [0.15, 0.2) is 0 Å². The number of benzene rings is 1. The summed E-state index contributed by atoms with van der Waals surface area (Å²) in [5.41, 5.74) is 8.92. The third-order valence-corrected chi connectivity index (χ3v) is 3.68. The Morgan fingerprint density at radius 1 is 1.06 bits per heavy atom. The fraction of sp³-hybridized carbons (Fsp3) is 0.600. The molecule has 0 bridgehead atoms. The van der Waals surface area contributed by atoms with Gasteiger partial charge in [0, 0.05) is 12.6 Å². The number of nitrogens with two attached hydrogens (primary N) is 1. The standard InChI is InChI=1S/C15H24N2/c1-12(2)13-5-7-14(8-6-13)15(16)11-17-9-3-4-10-17/h5-8,12,15H,3-4,9-11,16H2,1-2H3. The first-order valence-corrected chi connectivity index (χ1v) is 6.74. The molecule has 1 aliphatic heterocycles. The minimum absolute atomic E-state index is 0.161. The molecule has 2 N–H and O–H groups in total. The predicted octanol–water partition coefficient (Wildman–Crippen LogP) is 2.91. The highest BCUT2D eigenvalue weighted by Gasteiger charge is 2.15. The van der Waals surface area contributed by atoms with Gasteiger partial charge in [0.1, 0.15) is 0 Å². The molecule has 1 unspecified atom stereocenters. The summed E-state index contributed by atoms with van der Waals surface area (Å²) in [6.07, 6.45) is 2.66. The average Bonchev–Trinajstić information content (AvgIpc) is 2.82. The summed E-state index contributed by atoms with van der Waals surface area (Å²) in [5.74, 6) is 0.596. The van der Waals surface area contributed by atoms with Gasteiger partial charge < -0.3 is 10.6 Å². The zero-order valence-electron chi connectivity index (χ0n) is 11.0. The van der Waals surface area contributed by atoms with E-state index >= 15 is 0 Å². The fourth-order valence-corrected chi connectivity index (χ4v) is 2.48. The van der Waals surface area contributed by atoms with Crippen LogP contribution in [0.2, 0.25) is 0 Å². The molecule has 1 heterocycles. The van der Waals surface area contributed by atoms with Crippen molar-refractivity contribution in [3.05, 3.63) is 35.4 Å². The predicted molar refractivity (Wildman–Crippen MR) is 73.1 cm³/mol. The van der Waals surface area contributed by atoms with Crippen LogP contribution in [0.4, 0.5) is 0 Å². The monoisotopic (exact) mass is 232 g/mol. The van der Waals surface area contributed by atoms with Crippen molar-refractivity contribution in [2.75, 3.05) is 19.6 Å². The van der Waals surface area contributed by atoms with Crippen LogP contribution in [0.1, 0.15) is 49.8 Å². The molecule has 0 spiro atoms. The Balaban J connectivity index is 1.96. The maximum absolute atomic E-state index is 6.26. The summed E-state index contributed by atoms with van der Waals surface area (Å²) in [4.78, 5) is 2.47. The van der Waals surface area contributed by atoms with E-state index in [0.717, 1.165) is 6.54 Å². The lowest BCUT2D eigenvalue weighted by atomic mass is 9.99. The van der Waals surface area contributed by atoms with Crippen LogP contribution in [0.5, 0.6) is 0 Å². The Kier molecular flexibility index (Phi) is 4.19. The van der Waals surface area contributed by atoms with E-state index in [0.29, 0.717) is 5.92 Å². The van der Waals surface area contributed by atoms with Crippen LogP contribution < -0.4 is 5.73 Å². The van der Waals surface area contributed by atoms with Gasteiger partial charge in [-0.2, -0.15) is 0 Å². The van der Waals surface area contributed by atoms with Crippen LogP contribution in [0.15, 0.2) is 24.3 Å². The molecule has 94 valence electrons. The molecule has 1 fully saturated rings. The molecule has 0 amide bonds. The van der Waals surface area contributed by atoms with E-state index in [-0.39, 0.29) is 6.04 Å². The molecule has 1 aromatic rings. The highest BCUT2D eigenvalue weighted by Crippen LogP contribution is 2.19. The second-order valence-corrected chi connectivity index (χ2v) is 5.44. The SMILES string of the molecule is CC(C)c1ccc(C(N)CN2CCCC2)cc1. The van der Waals surface area contributed by atoms with Gasteiger partial charge in [0.05, 0.1) is 0 Å². The van der Waals surface area contributed by atoms with Gasteiger partial charge in [-0.1, -0.05) is 38.1 Å². The molecule has 0 radical (unpaired) electrons. The molecular formula is C15H24N2. The first kappa shape index (κ1) is 12.6. The number of likely N-dealkylation sites (tertiary alicyclic amines) is 1. The summed E-state index contributed by atoms with van der Waals surface area (Å²) in [5, 5.41) is 0. The lowest BCUT2D eigenvalue weighted by Crippen LogP contribution is -2.29. The van der Waals surface area contributed by atoms with Crippen molar-refractivity contribution in [1.29, 1.82) is 0 Å². The molecule has 17 heavy (non-hydrogen) atoms. The highest BCUT2D eigenvalue weighted by atomic mass is 15.1. The van der Waals surface area contributed by atoms with Crippen molar-refractivity contribution in [2.45, 2.75) is 38.6 Å². The highest BCUT2D eigenvalue weighted by molar-refractivity contribution is 5.26. The molecule has 1 atom stereocenters. The Labute approximate surface area is 105 Å². The number of hydrogen-bond donors (Lipinski definition) is 1. The van der Waals surface area contributed by atoms with Crippen LogP contribution in [-0.4, -0.2) is 24.5 Å². The first-order valence-electron chi connectivity index (χ1n) is 6.74. The number of hydrogen-bond acceptors (Lipinski definition) is 2. The summed E-state index contributed by atoms with van der Waals surface area (Å²) in [6, 6.07) is 8.97. The van der Waals surface area contributed by atoms with Crippen LogP contribution >= 0.6 is 0 Å². The van der Waals surface area contributed by atoms with Gasteiger partial charge in [0.2, 0.25) is 0 Å². The van der Waals surface area contributed by atoms with Gasteiger partial charge >= 0.3 is 0 Å². The maximum Gasteiger partial charge on any atom is 0.0424 e. The van der Waals surface area contributed by atoms with Crippen molar-refractivity contribution in [3.63, 3.8) is 0 Å². The number of nitrogens with zero attached hydrogens (tertiary/aromatic N) is 1. The summed E-state index contributed by atoms with van der Waals surface area (Å²) in [6.45, 7) is 7.88. The third kappa shape index (κ3) is 3.30. The van der Waals surface area contributed by atoms with Gasteiger partial charge in [-0.15, -0.1) is 0 Å². The van der Waals surface area contributed by atoms with E-state index < -0.39 is 0 Å². The molecule has 1 aromatic carbocycles. The lowest BCUT2D eigenvalue weighted by molar-refractivity contribution is 0.316. The van der Waals surface area contributed by atoms with Gasteiger partial charge in [-0.25, -0.2) is 0 Å². The summed E-state index contributed by atoms with van der Waals surface area (Å²) >= 11 is 0. The van der Waals surface area contributed by atoms with Crippen LogP contribution in [0.3, 0.4) is 0 Å². The van der Waals surface area contributed by atoms with E-state index in [4.69, 9.17) is 5.73 Å². The van der Waals surface area contributed by atoms with E-state index in [9.17, 15) is 0 Å². The Bertz CT molecular complexity index is 336. The average molecular weight is 232 g/mol. The maximum atomic E-state index is 6.26. The van der Waals surface area contributed by atoms with Gasteiger partial charge in [-0.3, -0.25) is 0 Å². The molecule has 1 aliphatic rings. The van der Waals surface area contributed by atoms with E-state index in [2.05, 4.69) is 43.0 Å². The molecule has 1 saturated heterocycles. The van der Waals surface area contributed by atoms with Crippen molar-refractivity contribution in [2.24, 2.45) is 5.73 Å². The zero-order chi connectivity index (χ0) is 12.3. The van der Waals surface area contributed by atoms with Crippen LogP contribution in [0, 0.1) is 0 Å². The lowest BCUT2D eigenvalue weighted by Gasteiger charge is -2.20.